The van der Waals surface area contributed by atoms with Gasteiger partial charge in [0.15, 0.2) is 5.78 Å². The Kier molecular flexibility index (Phi) is 4.19. The maximum Gasteiger partial charge on any atom is 0.160 e. The minimum atomic E-state index is 0.299. The summed E-state index contributed by atoms with van der Waals surface area (Å²) >= 11 is 0. The summed E-state index contributed by atoms with van der Waals surface area (Å²) in [4.78, 5) is 11.7. The van der Waals surface area contributed by atoms with Crippen LogP contribution in [0.25, 0.3) is 0 Å². The number of carbonyl (C=O) groups excluding carboxylic acids is 1. The van der Waals surface area contributed by atoms with E-state index in [2.05, 4.69) is 43.4 Å². The summed E-state index contributed by atoms with van der Waals surface area (Å²) in [6, 6.07) is 8.40. The van der Waals surface area contributed by atoms with Gasteiger partial charge in [0.2, 0.25) is 0 Å². The van der Waals surface area contributed by atoms with Crippen molar-refractivity contribution in [3.05, 3.63) is 41.6 Å². The number of hydrogen-bond acceptors (Lipinski definition) is 2. The highest BCUT2D eigenvalue weighted by Crippen LogP contribution is 2.21. The van der Waals surface area contributed by atoms with Gasteiger partial charge in [0.25, 0.3) is 0 Å². The number of Topliss-reactive ketones (excluding diaryl/α,β-unsaturated/α-hetero) is 1. The molecule has 2 rings (SSSR count). The number of hydrogen-bond donors (Lipinski definition) is 1. The van der Waals surface area contributed by atoms with E-state index >= 15 is 0 Å². The number of anilines is 1. The summed E-state index contributed by atoms with van der Waals surface area (Å²) < 4.78 is 0. The van der Waals surface area contributed by atoms with E-state index in [4.69, 9.17) is 0 Å². The molecule has 0 amide bonds. The lowest BCUT2D eigenvalue weighted by atomic mass is 9.94. The van der Waals surface area contributed by atoms with Crippen LogP contribution in [0.5, 0.6) is 0 Å². The van der Waals surface area contributed by atoms with Crippen LogP contribution in [-0.2, 0) is 4.79 Å². The van der Waals surface area contributed by atoms with E-state index in [-0.39, 0.29) is 0 Å². The zero-order valence-electron chi connectivity index (χ0n) is 11.2. The van der Waals surface area contributed by atoms with Crippen LogP contribution in [-0.4, -0.2) is 5.78 Å². The van der Waals surface area contributed by atoms with Gasteiger partial charge in [-0.15, -0.1) is 0 Å². The Morgan fingerprint density at radius 2 is 1.78 bits per heavy atom. The SMILES string of the molecule is CC(C)c1ccc(N/C=C2\CCCCC2=O)cc1. The molecule has 0 aliphatic heterocycles. The first-order valence-electron chi connectivity index (χ1n) is 6.75. The second-order valence-electron chi connectivity index (χ2n) is 5.22. The van der Waals surface area contributed by atoms with E-state index in [0.29, 0.717) is 18.1 Å². The van der Waals surface area contributed by atoms with Gasteiger partial charge in [-0.3, -0.25) is 4.79 Å². The van der Waals surface area contributed by atoms with Gasteiger partial charge in [0, 0.05) is 23.9 Å². The molecule has 1 saturated carbocycles. The van der Waals surface area contributed by atoms with Crippen molar-refractivity contribution >= 4 is 11.5 Å². The summed E-state index contributed by atoms with van der Waals surface area (Å²) in [7, 11) is 0. The predicted molar refractivity (Wildman–Crippen MR) is 75.7 cm³/mol. The minimum Gasteiger partial charge on any atom is -0.361 e. The molecule has 2 heteroatoms. The second-order valence-corrected chi connectivity index (χ2v) is 5.22. The number of nitrogens with one attached hydrogen (secondary N) is 1. The minimum absolute atomic E-state index is 0.299. The van der Waals surface area contributed by atoms with Gasteiger partial charge in [-0.2, -0.15) is 0 Å². The first-order valence-corrected chi connectivity index (χ1v) is 6.75. The van der Waals surface area contributed by atoms with E-state index in [1.807, 2.05) is 6.20 Å². The molecule has 0 heterocycles. The maximum absolute atomic E-state index is 11.7. The van der Waals surface area contributed by atoms with E-state index in [9.17, 15) is 4.79 Å². The molecule has 1 aromatic rings. The van der Waals surface area contributed by atoms with Gasteiger partial charge >= 0.3 is 0 Å². The number of carbonyl (C=O) groups is 1. The fourth-order valence-corrected chi connectivity index (χ4v) is 2.19. The van der Waals surface area contributed by atoms with Gasteiger partial charge < -0.3 is 5.32 Å². The van der Waals surface area contributed by atoms with Crippen molar-refractivity contribution in [3.63, 3.8) is 0 Å². The van der Waals surface area contributed by atoms with Crippen molar-refractivity contribution in [2.75, 3.05) is 5.32 Å². The van der Waals surface area contributed by atoms with Crippen LogP contribution >= 0.6 is 0 Å². The van der Waals surface area contributed by atoms with Crippen molar-refractivity contribution < 1.29 is 4.79 Å². The van der Waals surface area contributed by atoms with Gasteiger partial charge in [0.05, 0.1) is 0 Å². The van der Waals surface area contributed by atoms with Crippen molar-refractivity contribution in [2.24, 2.45) is 0 Å². The summed E-state index contributed by atoms with van der Waals surface area (Å²) in [5.74, 6) is 0.852. The van der Waals surface area contributed by atoms with Crippen LogP contribution in [0.4, 0.5) is 5.69 Å². The van der Waals surface area contributed by atoms with Crippen LogP contribution in [0.2, 0.25) is 0 Å². The average Bonchev–Trinajstić information content (AvgIpc) is 2.38. The fraction of sp³-hybridized carbons (Fsp3) is 0.438. The van der Waals surface area contributed by atoms with E-state index in [1.165, 1.54) is 5.56 Å². The number of rotatable bonds is 3. The molecular formula is C16H21NO. The summed E-state index contributed by atoms with van der Waals surface area (Å²) in [6.07, 6.45) is 5.67. The smallest absolute Gasteiger partial charge is 0.160 e. The molecule has 2 nitrogen and oxygen atoms in total. The molecule has 0 spiro atoms. The Balaban J connectivity index is 2.01. The monoisotopic (exact) mass is 243 g/mol. The van der Waals surface area contributed by atoms with Crippen molar-refractivity contribution in [1.29, 1.82) is 0 Å². The molecule has 1 aromatic carbocycles. The molecule has 0 unspecified atom stereocenters. The van der Waals surface area contributed by atoms with Gasteiger partial charge in [-0.25, -0.2) is 0 Å². The highest BCUT2D eigenvalue weighted by molar-refractivity contribution is 5.96. The third-order valence-corrected chi connectivity index (χ3v) is 3.45. The molecular weight excluding hydrogens is 222 g/mol. The van der Waals surface area contributed by atoms with Gasteiger partial charge in [0.1, 0.15) is 0 Å². The van der Waals surface area contributed by atoms with Crippen molar-refractivity contribution in [2.45, 2.75) is 45.4 Å². The summed E-state index contributed by atoms with van der Waals surface area (Å²) in [6.45, 7) is 4.37. The van der Waals surface area contributed by atoms with Crippen LogP contribution in [0, 0.1) is 0 Å². The highest BCUT2D eigenvalue weighted by atomic mass is 16.1. The van der Waals surface area contributed by atoms with E-state index < -0.39 is 0 Å². The average molecular weight is 243 g/mol. The predicted octanol–water partition coefficient (Wildman–Crippen LogP) is 4.25. The number of ketones is 1. The molecule has 1 aliphatic rings. The standard InChI is InChI=1S/C16H21NO/c1-12(2)13-7-9-15(10-8-13)17-11-14-5-3-4-6-16(14)18/h7-12,17H,3-6H2,1-2H3/b14-11+. The van der Waals surface area contributed by atoms with E-state index in [1.54, 1.807) is 0 Å². The largest absolute Gasteiger partial charge is 0.361 e. The lowest BCUT2D eigenvalue weighted by Crippen LogP contribution is -2.09. The summed E-state index contributed by atoms with van der Waals surface area (Å²) in [5, 5.41) is 3.23. The third-order valence-electron chi connectivity index (χ3n) is 3.45. The van der Waals surface area contributed by atoms with Gasteiger partial charge in [-0.1, -0.05) is 26.0 Å². The van der Waals surface area contributed by atoms with Crippen molar-refractivity contribution in [3.8, 4) is 0 Å². The molecule has 1 N–H and O–H groups in total. The van der Waals surface area contributed by atoms with Crippen LogP contribution in [0.1, 0.15) is 51.0 Å². The number of allylic oxidation sites excluding steroid dienone is 1. The Labute approximate surface area is 109 Å². The lowest BCUT2D eigenvalue weighted by Gasteiger charge is -2.13. The number of benzene rings is 1. The Hall–Kier alpha value is -1.57. The van der Waals surface area contributed by atoms with Crippen LogP contribution in [0.3, 0.4) is 0 Å². The molecule has 0 radical (unpaired) electrons. The van der Waals surface area contributed by atoms with Crippen LogP contribution in [0.15, 0.2) is 36.0 Å². The fourth-order valence-electron chi connectivity index (χ4n) is 2.19. The maximum atomic E-state index is 11.7. The molecule has 1 fully saturated rings. The molecule has 1 aliphatic carbocycles. The Morgan fingerprint density at radius 1 is 1.11 bits per heavy atom. The first kappa shape index (κ1) is 12.9. The zero-order chi connectivity index (χ0) is 13.0. The first-order chi connectivity index (χ1) is 8.66. The zero-order valence-corrected chi connectivity index (χ0v) is 11.2. The molecule has 0 bridgehead atoms. The highest BCUT2D eigenvalue weighted by Gasteiger charge is 2.14. The lowest BCUT2D eigenvalue weighted by molar-refractivity contribution is -0.116. The van der Waals surface area contributed by atoms with Crippen molar-refractivity contribution in [1.82, 2.24) is 0 Å². The van der Waals surface area contributed by atoms with E-state index in [0.717, 1.165) is 30.5 Å². The third kappa shape index (κ3) is 3.22. The quantitative estimate of drug-likeness (QED) is 0.804. The molecule has 0 saturated heterocycles. The Bertz CT molecular complexity index is 443. The molecule has 0 atom stereocenters. The summed E-state index contributed by atoms with van der Waals surface area (Å²) in [5.41, 5.74) is 3.32. The topological polar surface area (TPSA) is 29.1 Å². The second kappa shape index (κ2) is 5.85. The Morgan fingerprint density at radius 3 is 2.39 bits per heavy atom. The van der Waals surface area contributed by atoms with Gasteiger partial charge in [-0.05, 0) is 42.9 Å². The normalized spacial score (nSPS) is 18.4. The molecule has 0 aromatic heterocycles. The van der Waals surface area contributed by atoms with Crippen LogP contribution < -0.4 is 5.32 Å². The molecule has 96 valence electrons. The molecule has 18 heavy (non-hydrogen) atoms.